The molecule has 0 bridgehead atoms. The Morgan fingerprint density at radius 3 is 2.63 bits per heavy atom. The van der Waals surface area contributed by atoms with Crippen molar-refractivity contribution in [1.82, 2.24) is 9.97 Å². The molecule has 7 nitrogen and oxygen atoms in total. The standard InChI is InChI=1S/C22H21N3O4S/c1-3-29-21(28)16-10-7-11-17(12-16)23-20(27)14(2)30-22-24-18(13-19(26)25-22)15-8-5-4-6-9-15/h4-14H,3H2,1-2H3,(H,23,27)(H,24,25,26). The molecule has 3 aromatic rings. The molecule has 0 spiro atoms. The van der Waals surface area contributed by atoms with Crippen LogP contribution in [-0.2, 0) is 9.53 Å². The fourth-order valence-corrected chi connectivity index (χ4v) is 3.46. The van der Waals surface area contributed by atoms with Crippen LogP contribution in [0.25, 0.3) is 11.3 Å². The maximum Gasteiger partial charge on any atom is 0.338 e. The van der Waals surface area contributed by atoms with Crippen molar-refractivity contribution >= 4 is 29.3 Å². The molecule has 0 aliphatic carbocycles. The van der Waals surface area contributed by atoms with E-state index in [1.165, 1.54) is 6.07 Å². The smallest absolute Gasteiger partial charge is 0.338 e. The summed E-state index contributed by atoms with van der Waals surface area (Å²) in [7, 11) is 0. The Morgan fingerprint density at radius 1 is 1.13 bits per heavy atom. The van der Waals surface area contributed by atoms with Crippen molar-refractivity contribution < 1.29 is 14.3 Å². The Balaban J connectivity index is 1.71. The van der Waals surface area contributed by atoms with Crippen molar-refractivity contribution in [1.29, 1.82) is 0 Å². The summed E-state index contributed by atoms with van der Waals surface area (Å²) in [6, 6.07) is 17.3. The molecule has 1 aromatic heterocycles. The quantitative estimate of drug-likeness (QED) is 0.341. The minimum Gasteiger partial charge on any atom is -0.462 e. The number of nitrogens with zero attached hydrogens (tertiary/aromatic N) is 1. The van der Waals surface area contributed by atoms with Crippen LogP contribution < -0.4 is 10.9 Å². The maximum absolute atomic E-state index is 12.6. The molecule has 154 valence electrons. The maximum atomic E-state index is 12.6. The average Bonchev–Trinajstić information content (AvgIpc) is 2.74. The van der Waals surface area contributed by atoms with Gasteiger partial charge in [0.2, 0.25) is 5.91 Å². The highest BCUT2D eigenvalue weighted by atomic mass is 32.2. The summed E-state index contributed by atoms with van der Waals surface area (Å²) in [4.78, 5) is 43.6. The topological polar surface area (TPSA) is 101 Å². The number of carbonyl (C=O) groups is 2. The molecule has 1 amide bonds. The summed E-state index contributed by atoms with van der Waals surface area (Å²) < 4.78 is 4.98. The summed E-state index contributed by atoms with van der Waals surface area (Å²) in [5.41, 5.74) is 1.91. The number of nitrogens with one attached hydrogen (secondary N) is 2. The van der Waals surface area contributed by atoms with Gasteiger partial charge in [0.1, 0.15) is 0 Å². The van der Waals surface area contributed by atoms with Crippen LogP contribution in [0.15, 0.2) is 70.6 Å². The van der Waals surface area contributed by atoms with Crippen molar-refractivity contribution in [2.75, 3.05) is 11.9 Å². The molecule has 1 atom stereocenters. The van der Waals surface area contributed by atoms with Gasteiger partial charge < -0.3 is 15.0 Å². The third-order valence-electron chi connectivity index (χ3n) is 4.09. The Hall–Kier alpha value is -3.39. The van der Waals surface area contributed by atoms with Crippen molar-refractivity contribution in [3.05, 3.63) is 76.6 Å². The third kappa shape index (κ3) is 5.57. The molecule has 0 fully saturated rings. The first-order valence-electron chi connectivity index (χ1n) is 9.37. The van der Waals surface area contributed by atoms with E-state index in [0.717, 1.165) is 17.3 Å². The monoisotopic (exact) mass is 423 g/mol. The zero-order valence-electron chi connectivity index (χ0n) is 16.5. The predicted molar refractivity (Wildman–Crippen MR) is 117 cm³/mol. The lowest BCUT2D eigenvalue weighted by Crippen LogP contribution is -2.23. The lowest BCUT2D eigenvalue weighted by atomic mass is 10.1. The Labute approximate surface area is 177 Å². The number of hydrogen-bond acceptors (Lipinski definition) is 6. The SMILES string of the molecule is CCOC(=O)c1cccc(NC(=O)C(C)Sc2nc(-c3ccccc3)cc(=O)[nH]2)c1. The number of aromatic amines is 1. The number of esters is 1. The lowest BCUT2D eigenvalue weighted by molar-refractivity contribution is -0.115. The molecular weight excluding hydrogens is 402 g/mol. The van der Waals surface area contributed by atoms with Crippen LogP contribution in [0.3, 0.4) is 0 Å². The van der Waals surface area contributed by atoms with Gasteiger partial charge in [-0.1, -0.05) is 48.2 Å². The molecule has 0 aliphatic rings. The van der Waals surface area contributed by atoms with E-state index in [2.05, 4.69) is 15.3 Å². The van der Waals surface area contributed by atoms with Crippen LogP contribution >= 0.6 is 11.8 Å². The third-order valence-corrected chi connectivity index (χ3v) is 5.07. The molecule has 30 heavy (non-hydrogen) atoms. The van der Waals surface area contributed by atoms with Crippen LogP contribution in [0.4, 0.5) is 5.69 Å². The second-order valence-electron chi connectivity index (χ2n) is 6.35. The highest BCUT2D eigenvalue weighted by molar-refractivity contribution is 8.00. The van der Waals surface area contributed by atoms with Gasteiger partial charge in [-0.25, -0.2) is 9.78 Å². The molecule has 0 saturated carbocycles. The van der Waals surface area contributed by atoms with E-state index in [4.69, 9.17) is 4.74 Å². The van der Waals surface area contributed by atoms with Crippen LogP contribution in [-0.4, -0.2) is 33.7 Å². The fraction of sp³-hybridized carbons (Fsp3) is 0.182. The number of H-pyrrole nitrogens is 1. The fourth-order valence-electron chi connectivity index (χ4n) is 2.65. The molecule has 0 saturated heterocycles. The summed E-state index contributed by atoms with van der Waals surface area (Å²) in [5.74, 6) is -0.732. The highest BCUT2D eigenvalue weighted by Crippen LogP contribution is 2.23. The van der Waals surface area contributed by atoms with E-state index in [0.29, 0.717) is 22.1 Å². The molecule has 1 unspecified atom stereocenters. The van der Waals surface area contributed by atoms with Gasteiger partial charge in [0.05, 0.1) is 23.1 Å². The molecular formula is C22H21N3O4S. The van der Waals surface area contributed by atoms with Gasteiger partial charge in [-0.3, -0.25) is 9.59 Å². The van der Waals surface area contributed by atoms with Crippen LogP contribution in [0, 0.1) is 0 Å². The van der Waals surface area contributed by atoms with E-state index in [9.17, 15) is 14.4 Å². The highest BCUT2D eigenvalue weighted by Gasteiger charge is 2.17. The summed E-state index contributed by atoms with van der Waals surface area (Å²) >= 11 is 1.14. The number of amides is 1. The molecule has 2 aromatic carbocycles. The van der Waals surface area contributed by atoms with Crippen molar-refractivity contribution in [3.8, 4) is 11.3 Å². The minimum atomic E-state index is -0.537. The molecule has 2 N–H and O–H groups in total. The molecule has 3 rings (SSSR count). The largest absolute Gasteiger partial charge is 0.462 e. The minimum absolute atomic E-state index is 0.274. The first-order valence-corrected chi connectivity index (χ1v) is 10.3. The molecule has 0 radical (unpaired) electrons. The zero-order valence-corrected chi connectivity index (χ0v) is 17.4. The number of rotatable bonds is 7. The van der Waals surface area contributed by atoms with Gasteiger partial charge in [0, 0.05) is 17.3 Å². The number of hydrogen-bond donors (Lipinski definition) is 2. The van der Waals surface area contributed by atoms with E-state index >= 15 is 0 Å². The van der Waals surface area contributed by atoms with Gasteiger partial charge in [-0.2, -0.15) is 0 Å². The number of carbonyl (C=O) groups excluding carboxylic acids is 2. The number of aromatic nitrogens is 2. The number of benzene rings is 2. The second kappa shape index (κ2) is 9.89. The normalized spacial score (nSPS) is 11.5. The van der Waals surface area contributed by atoms with Crippen LogP contribution in [0.2, 0.25) is 0 Å². The summed E-state index contributed by atoms with van der Waals surface area (Å²) in [5, 5.41) is 2.59. The molecule has 1 heterocycles. The van der Waals surface area contributed by atoms with Crippen LogP contribution in [0.1, 0.15) is 24.2 Å². The van der Waals surface area contributed by atoms with E-state index in [-0.39, 0.29) is 18.1 Å². The van der Waals surface area contributed by atoms with E-state index in [1.54, 1.807) is 38.1 Å². The van der Waals surface area contributed by atoms with Crippen molar-refractivity contribution in [2.45, 2.75) is 24.3 Å². The van der Waals surface area contributed by atoms with Crippen LogP contribution in [0.5, 0.6) is 0 Å². The van der Waals surface area contributed by atoms with E-state index < -0.39 is 11.2 Å². The number of anilines is 1. The van der Waals surface area contributed by atoms with Crippen molar-refractivity contribution in [3.63, 3.8) is 0 Å². The van der Waals surface area contributed by atoms with Gasteiger partial charge in [0.25, 0.3) is 5.56 Å². The van der Waals surface area contributed by atoms with Crippen molar-refractivity contribution in [2.24, 2.45) is 0 Å². The Morgan fingerprint density at radius 2 is 1.90 bits per heavy atom. The van der Waals surface area contributed by atoms with E-state index in [1.807, 2.05) is 30.3 Å². The van der Waals surface area contributed by atoms with Gasteiger partial charge in [-0.15, -0.1) is 0 Å². The first-order chi connectivity index (χ1) is 14.5. The van der Waals surface area contributed by atoms with Gasteiger partial charge >= 0.3 is 5.97 Å². The Kier molecular flexibility index (Phi) is 7.03. The number of ether oxygens (including phenoxy) is 1. The second-order valence-corrected chi connectivity index (χ2v) is 7.68. The summed E-state index contributed by atoms with van der Waals surface area (Å²) in [6.07, 6.45) is 0. The Bertz CT molecular complexity index is 1100. The van der Waals surface area contributed by atoms with Gasteiger partial charge in [0.15, 0.2) is 5.16 Å². The summed E-state index contributed by atoms with van der Waals surface area (Å²) in [6.45, 7) is 3.72. The molecule has 0 aliphatic heterocycles. The number of thioether (sulfide) groups is 1. The zero-order chi connectivity index (χ0) is 21.5. The first kappa shape index (κ1) is 21.3. The average molecular weight is 423 g/mol. The predicted octanol–water partition coefficient (Wildman–Crippen LogP) is 3.73. The lowest BCUT2D eigenvalue weighted by Gasteiger charge is -2.12. The molecule has 8 heteroatoms. The van der Waals surface area contributed by atoms with Gasteiger partial charge in [-0.05, 0) is 32.0 Å².